The van der Waals surface area contributed by atoms with Crippen molar-refractivity contribution in [3.05, 3.63) is 41.7 Å². The average Bonchev–Trinajstić information content (AvgIpc) is 3.06. The molecule has 9 heteroatoms. The van der Waals surface area contributed by atoms with E-state index in [2.05, 4.69) is 40.9 Å². The van der Waals surface area contributed by atoms with E-state index in [0.717, 1.165) is 38.1 Å². The predicted octanol–water partition coefficient (Wildman–Crippen LogP) is 2.00. The summed E-state index contributed by atoms with van der Waals surface area (Å²) < 4.78 is 2.09. The van der Waals surface area contributed by atoms with Crippen LogP contribution in [0.4, 0.5) is 5.82 Å². The second-order valence-corrected chi connectivity index (χ2v) is 6.52. The molecular weight excluding hydrogens is 340 g/mol. The Bertz CT molecular complexity index is 857. The van der Waals surface area contributed by atoms with Crippen molar-refractivity contribution >= 4 is 28.6 Å². The first-order chi connectivity index (χ1) is 12.2. The first kappa shape index (κ1) is 16.2. The zero-order chi connectivity index (χ0) is 17.2. The summed E-state index contributed by atoms with van der Waals surface area (Å²) in [5.74, 6) is 5.95. The van der Waals surface area contributed by atoms with E-state index < -0.39 is 0 Å². The standard InChI is InChI=1S/C16H19ClN8/c17-16-21-14(23-18)13-15(22-16)25(10-20-13)12-3-6-24(7-4-12)9-11-2-1-5-19-8-11/h1-2,5,8,10,12H,3-4,6-7,9,18H2,(H,21,22,23). The second-order valence-electron chi connectivity index (χ2n) is 6.18. The molecule has 1 fully saturated rings. The molecule has 4 rings (SSSR count). The lowest BCUT2D eigenvalue weighted by atomic mass is 10.0. The van der Waals surface area contributed by atoms with Gasteiger partial charge in [0.1, 0.15) is 0 Å². The van der Waals surface area contributed by atoms with Gasteiger partial charge in [0.2, 0.25) is 5.28 Å². The Labute approximate surface area is 150 Å². The summed E-state index contributed by atoms with van der Waals surface area (Å²) >= 11 is 6.01. The number of rotatable bonds is 4. The van der Waals surface area contributed by atoms with Crippen LogP contribution in [-0.4, -0.2) is 42.5 Å². The van der Waals surface area contributed by atoms with Gasteiger partial charge in [0.25, 0.3) is 0 Å². The summed E-state index contributed by atoms with van der Waals surface area (Å²) in [5, 5.41) is 0.163. The average molecular weight is 359 g/mol. The Balaban J connectivity index is 1.49. The highest BCUT2D eigenvalue weighted by atomic mass is 35.5. The first-order valence-electron chi connectivity index (χ1n) is 8.22. The molecular formula is C16H19ClN8. The van der Waals surface area contributed by atoms with E-state index in [-0.39, 0.29) is 5.28 Å². The number of nitrogens with zero attached hydrogens (tertiary/aromatic N) is 6. The number of likely N-dealkylation sites (tertiary alicyclic amines) is 1. The van der Waals surface area contributed by atoms with Gasteiger partial charge in [-0.2, -0.15) is 9.97 Å². The number of pyridine rings is 1. The lowest BCUT2D eigenvalue weighted by molar-refractivity contribution is 0.181. The maximum atomic E-state index is 6.01. The zero-order valence-electron chi connectivity index (χ0n) is 13.6. The van der Waals surface area contributed by atoms with Gasteiger partial charge in [-0.25, -0.2) is 10.8 Å². The number of anilines is 1. The van der Waals surface area contributed by atoms with Crippen LogP contribution in [0.15, 0.2) is 30.9 Å². The molecule has 1 aliphatic rings. The molecule has 0 unspecified atom stereocenters. The van der Waals surface area contributed by atoms with Gasteiger partial charge in [-0.15, -0.1) is 0 Å². The number of piperidine rings is 1. The number of aromatic nitrogens is 5. The molecule has 0 aromatic carbocycles. The second kappa shape index (κ2) is 6.91. The highest BCUT2D eigenvalue weighted by Gasteiger charge is 2.23. The fourth-order valence-electron chi connectivity index (χ4n) is 3.36. The lowest BCUT2D eigenvalue weighted by Crippen LogP contribution is -2.34. The normalized spacial score (nSPS) is 16.4. The fraction of sp³-hybridized carbons (Fsp3) is 0.375. The summed E-state index contributed by atoms with van der Waals surface area (Å²) in [7, 11) is 0. The summed E-state index contributed by atoms with van der Waals surface area (Å²) in [6.45, 7) is 2.96. The van der Waals surface area contributed by atoms with Crippen LogP contribution in [-0.2, 0) is 6.54 Å². The molecule has 0 amide bonds. The van der Waals surface area contributed by atoms with Crippen molar-refractivity contribution in [2.24, 2.45) is 5.84 Å². The van der Waals surface area contributed by atoms with Crippen molar-refractivity contribution in [2.75, 3.05) is 18.5 Å². The van der Waals surface area contributed by atoms with Crippen LogP contribution < -0.4 is 11.3 Å². The fourth-order valence-corrected chi connectivity index (χ4v) is 3.53. The van der Waals surface area contributed by atoms with Gasteiger partial charge in [0.05, 0.1) is 6.33 Å². The minimum Gasteiger partial charge on any atom is -0.312 e. The maximum absolute atomic E-state index is 6.01. The summed E-state index contributed by atoms with van der Waals surface area (Å²) in [5.41, 5.74) is 5.14. The highest BCUT2D eigenvalue weighted by Crippen LogP contribution is 2.28. The molecule has 3 aromatic rings. The van der Waals surface area contributed by atoms with Crippen LogP contribution in [0.2, 0.25) is 5.28 Å². The zero-order valence-corrected chi connectivity index (χ0v) is 14.4. The Kier molecular flexibility index (Phi) is 4.48. The Morgan fingerprint density at radius 3 is 2.84 bits per heavy atom. The Morgan fingerprint density at radius 2 is 2.12 bits per heavy atom. The summed E-state index contributed by atoms with van der Waals surface area (Å²) in [6, 6.07) is 4.43. The number of hydrogen-bond donors (Lipinski definition) is 2. The quantitative estimate of drug-likeness (QED) is 0.418. The predicted molar refractivity (Wildman–Crippen MR) is 95.9 cm³/mol. The SMILES string of the molecule is NNc1nc(Cl)nc2c1ncn2C1CCN(Cc2cccnc2)CC1. The number of nitrogens with one attached hydrogen (secondary N) is 1. The first-order valence-corrected chi connectivity index (χ1v) is 8.60. The third kappa shape index (κ3) is 3.28. The molecule has 0 atom stereocenters. The van der Waals surface area contributed by atoms with Gasteiger partial charge in [0.15, 0.2) is 17.0 Å². The van der Waals surface area contributed by atoms with Crippen molar-refractivity contribution in [3.63, 3.8) is 0 Å². The van der Waals surface area contributed by atoms with E-state index in [0.29, 0.717) is 17.4 Å². The number of nitrogen functional groups attached to an aromatic ring is 1. The van der Waals surface area contributed by atoms with Crippen molar-refractivity contribution in [3.8, 4) is 0 Å². The smallest absolute Gasteiger partial charge is 0.226 e. The number of hydrogen-bond acceptors (Lipinski definition) is 7. The van der Waals surface area contributed by atoms with E-state index in [1.807, 2.05) is 12.3 Å². The van der Waals surface area contributed by atoms with Crippen LogP contribution in [0.1, 0.15) is 24.4 Å². The molecule has 25 heavy (non-hydrogen) atoms. The Hall–Kier alpha value is -2.29. The van der Waals surface area contributed by atoms with Gasteiger partial charge >= 0.3 is 0 Å². The summed E-state index contributed by atoms with van der Waals surface area (Å²) in [6.07, 6.45) is 7.59. The van der Waals surface area contributed by atoms with Gasteiger partial charge in [0, 0.05) is 38.1 Å². The van der Waals surface area contributed by atoms with E-state index in [1.165, 1.54) is 5.56 Å². The molecule has 0 bridgehead atoms. The van der Waals surface area contributed by atoms with Crippen LogP contribution >= 0.6 is 11.6 Å². The van der Waals surface area contributed by atoms with Crippen molar-refractivity contribution < 1.29 is 0 Å². The third-order valence-electron chi connectivity index (χ3n) is 4.61. The van der Waals surface area contributed by atoms with E-state index in [1.54, 1.807) is 12.5 Å². The Morgan fingerprint density at radius 1 is 1.28 bits per heavy atom. The molecule has 3 N–H and O–H groups in total. The van der Waals surface area contributed by atoms with Crippen LogP contribution in [0.5, 0.6) is 0 Å². The van der Waals surface area contributed by atoms with Crippen LogP contribution in [0.3, 0.4) is 0 Å². The number of hydrazine groups is 1. The molecule has 130 valence electrons. The van der Waals surface area contributed by atoms with E-state index in [4.69, 9.17) is 17.4 Å². The minimum atomic E-state index is 0.163. The summed E-state index contributed by atoms with van der Waals surface area (Å²) in [4.78, 5) is 19.4. The molecule has 3 aromatic heterocycles. The molecule has 0 saturated carbocycles. The van der Waals surface area contributed by atoms with Crippen LogP contribution in [0.25, 0.3) is 11.2 Å². The number of nitrogens with two attached hydrogens (primary N) is 1. The van der Waals surface area contributed by atoms with Gasteiger partial charge in [-0.3, -0.25) is 9.88 Å². The van der Waals surface area contributed by atoms with E-state index in [9.17, 15) is 0 Å². The molecule has 8 nitrogen and oxygen atoms in total. The molecule has 4 heterocycles. The molecule has 0 aliphatic carbocycles. The van der Waals surface area contributed by atoms with E-state index >= 15 is 0 Å². The number of halogens is 1. The molecule has 1 aliphatic heterocycles. The largest absolute Gasteiger partial charge is 0.312 e. The van der Waals surface area contributed by atoms with Gasteiger partial charge in [-0.1, -0.05) is 6.07 Å². The van der Waals surface area contributed by atoms with Gasteiger partial charge in [-0.05, 0) is 36.1 Å². The maximum Gasteiger partial charge on any atom is 0.226 e. The highest BCUT2D eigenvalue weighted by molar-refractivity contribution is 6.28. The minimum absolute atomic E-state index is 0.163. The molecule has 0 spiro atoms. The van der Waals surface area contributed by atoms with Crippen molar-refractivity contribution in [1.29, 1.82) is 0 Å². The molecule has 0 radical (unpaired) electrons. The monoisotopic (exact) mass is 358 g/mol. The third-order valence-corrected chi connectivity index (χ3v) is 4.78. The van der Waals surface area contributed by atoms with Crippen LogP contribution in [0, 0.1) is 0 Å². The van der Waals surface area contributed by atoms with Crippen molar-refractivity contribution in [1.82, 2.24) is 29.4 Å². The topological polar surface area (TPSA) is 97.8 Å². The number of fused-ring (bicyclic) bond motifs is 1. The molecule has 1 saturated heterocycles. The van der Waals surface area contributed by atoms with Crippen molar-refractivity contribution in [2.45, 2.75) is 25.4 Å². The van der Waals surface area contributed by atoms with Gasteiger partial charge < -0.3 is 9.99 Å². The lowest BCUT2D eigenvalue weighted by Gasteiger charge is -2.32. The number of imidazole rings is 1.